The Bertz CT molecular complexity index is 525. The number of pyridine rings is 1. The van der Waals surface area contributed by atoms with Gasteiger partial charge < -0.3 is 10.3 Å². The largest absolute Gasteiger partial charge is 0.391 e. The van der Waals surface area contributed by atoms with Crippen LogP contribution in [0.2, 0.25) is 0 Å². The highest BCUT2D eigenvalue weighted by atomic mass is 19.4. The van der Waals surface area contributed by atoms with E-state index in [-0.39, 0.29) is 31.8 Å². The van der Waals surface area contributed by atoms with Crippen molar-refractivity contribution in [1.29, 1.82) is 0 Å². The number of carbonyl (C=O) groups is 1. The Morgan fingerprint density at radius 1 is 1.38 bits per heavy atom. The average molecular weight is 302 g/mol. The number of nitrogens with zero attached hydrogens (tertiary/aromatic N) is 2. The van der Waals surface area contributed by atoms with Crippen molar-refractivity contribution in [3.63, 3.8) is 0 Å². The van der Waals surface area contributed by atoms with Crippen molar-refractivity contribution >= 4 is 11.7 Å². The summed E-state index contributed by atoms with van der Waals surface area (Å²) in [5.74, 6) is 4.01. The SMILES string of the molecule is Cc1cc(C(=O)N2CCC(C(F)(F)F)CC2)cc(NN)n1. The molecule has 5 nitrogen and oxygen atoms in total. The monoisotopic (exact) mass is 302 g/mol. The maximum atomic E-state index is 12.6. The molecule has 3 N–H and O–H groups in total. The van der Waals surface area contributed by atoms with Gasteiger partial charge in [0.2, 0.25) is 0 Å². The summed E-state index contributed by atoms with van der Waals surface area (Å²) in [6.45, 7) is 1.93. The first kappa shape index (κ1) is 15.6. The second-order valence-electron chi connectivity index (χ2n) is 5.13. The zero-order valence-corrected chi connectivity index (χ0v) is 11.6. The maximum Gasteiger partial charge on any atom is 0.391 e. The van der Waals surface area contributed by atoms with Crippen LogP contribution < -0.4 is 11.3 Å². The van der Waals surface area contributed by atoms with Crippen LogP contribution >= 0.6 is 0 Å². The number of nitrogens with one attached hydrogen (secondary N) is 1. The second kappa shape index (κ2) is 5.88. The van der Waals surface area contributed by atoms with Crippen molar-refractivity contribution in [3.05, 3.63) is 23.4 Å². The van der Waals surface area contributed by atoms with E-state index >= 15 is 0 Å². The molecule has 1 aromatic heterocycles. The number of hydrazine groups is 1. The first-order valence-corrected chi connectivity index (χ1v) is 6.62. The minimum atomic E-state index is -4.18. The van der Waals surface area contributed by atoms with Gasteiger partial charge in [-0.1, -0.05) is 0 Å². The van der Waals surface area contributed by atoms with Gasteiger partial charge in [0.15, 0.2) is 0 Å². The minimum absolute atomic E-state index is 0.0543. The van der Waals surface area contributed by atoms with Crippen molar-refractivity contribution in [2.24, 2.45) is 11.8 Å². The van der Waals surface area contributed by atoms with E-state index in [1.807, 2.05) is 0 Å². The summed E-state index contributed by atoms with van der Waals surface area (Å²) < 4.78 is 37.8. The Labute approximate surface area is 120 Å². The lowest BCUT2D eigenvalue weighted by atomic mass is 9.96. The lowest BCUT2D eigenvalue weighted by Gasteiger charge is -2.33. The molecule has 1 saturated heterocycles. The van der Waals surface area contributed by atoms with Crippen molar-refractivity contribution < 1.29 is 18.0 Å². The fourth-order valence-corrected chi connectivity index (χ4v) is 2.46. The van der Waals surface area contributed by atoms with Crippen LogP contribution in [0.4, 0.5) is 19.0 Å². The summed E-state index contributed by atoms with van der Waals surface area (Å²) in [5.41, 5.74) is 3.35. The normalized spacial score (nSPS) is 16.9. The molecule has 0 saturated carbocycles. The lowest BCUT2D eigenvalue weighted by molar-refractivity contribution is -0.183. The Kier molecular flexibility index (Phi) is 4.36. The van der Waals surface area contributed by atoms with E-state index in [1.165, 1.54) is 11.0 Å². The zero-order valence-electron chi connectivity index (χ0n) is 11.6. The molecule has 1 fully saturated rings. The van der Waals surface area contributed by atoms with Crippen LogP contribution in [0.3, 0.4) is 0 Å². The Morgan fingerprint density at radius 2 is 2.00 bits per heavy atom. The van der Waals surface area contributed by atoms with Gasteiger partial charge in [0.25, 0.3) is 5.91 Å². The molecule has 0 radical (unpaired) electrons. The number of likely N-dealkylation sites (tertiary alicyclic amines) is 1. The summed E-state index contributed by atoms with van der Waals surface area (Å²) in [5, 5.41) is 0. The number of aryl methyl sites for hydroxylation is 1. The summed E-state index contributed by atoms with van der Waals surface area (Å²) in [7, 11) is 0. The topological polar surface area (TPSA) is 71.2 Å². The highest BCUT2D eigenvalue weighted by Crippen LogP contribution is 2.34. The number of aromatic nitrogens is 1. The van der Waals surface area contributed by atoms with E-state index in [0.717, 1.165) is 0 Å². The Morgan fingerprint density at radius 3 is 2.52 bits per heavy atom. The summed E-state index contributed by atoms with van der Waals surface area (Å²) in [4.78, 5) is 17.8. The smallest absolute Gasteiger partial charge is 0.339 e. The highest BCUT2D eigenvalue weighted by molar-refractivity contribution is 5.95. The molecule has 1 aromatic rings. The maximum absolute atomic E-state index is 12.6. The average Bonchev–Trinajstić information content (AvgIpc) is 2.45. The first-order chi connectivity index (χ1) is 9.81. The minimum Gasteiger partial charge on any atom is -0.339 e. The number of hydrogen-bond donors (Lipinski definition) is 2. The van der Waals surface area contributed by atoms with Crippen molar-refractivity contribution in [2.75, 3.05) is 18.5 Å². The highest BCUT2D eigenvalue weighted by Gasteiger charge is 2.41. The molecule has 0 spiro atoms. The van der Waals surface area contributed by atoms with Crippen LogP contribution in [0.1, 0.15) is 28.9 Å². The molecule has 0 atom stereocenters. The predicted molar refractivity (Wildman–Crippen MR) is 71.5 cm³/mol. The van der Waals surface area contributed by atoms with Crippen LogP contribution in [0, 0.1) is 12.8 Å². The molecule has 2 rings (SSSR count). The standard InChI is InChI=1S/C13H17F3N4O/c1-8-6-9(7-11(18-8)19-17)12(21)20-4-2-10(3-5-20)13(14,15)16/h6-7,10H,2-5,17H2,1H3,(H,18,19). The fraction of sp³-hybridized carbons (Fsp3) is 0.538. The summed E-state index contributed by atoms with van der Waals surface area (Å²) in [6.07, 6.45) is -4.29. The van der Waals surface area contributed by atoms with Crippen molar-refractivity contribution in [1.82, 2.24) is 9.88 Å². The van der Waals surface area contributed by atoms with E-state index in [4.69, 9.17) is 5.84 Å². The number of nitrogens with two attached hydrogens (primary N) is 1. The zero-order chi connectivity index (χ0) is 15.6. The number of carbonyl (C=O) groups excluding carboxylic acids is 1. The van der Waals surface area contributed by atoms with Gasteiger partial charge in [-0.15, -0.1) is 0 Å². The Balaban J connectivity index is 2.07. The van der Waals surface area contributed by atoms with Gasteiger partial charge in [-0.3, -0.25) is 4.79 Å². The van der Waals surface area contributed by atoms with Gasteiger partial charge >= 0.3 is 6.18 Å². The molecule has 8 heteroatoms. The predicted octanol–water partition coefficient (Wildman–Crippen LogP) is 2.09. The van der Waals surface area contributed by atoms with Gasteiger partial charge in [-0.25, -0.2) is 10.8 Å². The third-order valence-corrected chi connectivity index (χ3v) is 3.59. The number of rotatable bonds is 2. The molecule has 0 aromatic carbocycles. The molecule has 0 unspecified atom stereocenters. The number of nitrogen functional groups attached to an aromatic ring is 1. The van der Waals surface area contributed by atoms with Crippen LogP contribution in [-0.4, -0.2) is 35.1 Å². The number of anilines is 1. The van der Waals surface area contributed by atoms with Gasteiger partial charge in [0, 0.05) is 24.3 Å². The Hall–Kier alpha value is -1.83. The summed E-state index contributed by atoms with van der Waals surface area (Å²) >= 11 is 0. The third-order valence-electron chi connectivity index (χ3n) is 3.59. The van der Waals surface area contributed by atoms with E-state index < -0.39 is 12.1 Å². The molecule has 0 bridgehead atoms. The van der Waals surface area contributed by atoms with Crippen LogP contribution in [0.15, 0.2) is 12.1 Å². The molecule has 116 valence electrons. The molecule has 21 heavy (non-hydrogen) atoms. The molecule has 1 aliphatic heterocycles. The van der Waals surface area contributed by atoms with E-state index in [9.17, 15) is 18.0 Å². The van der Waals surface area contributed by atoms with Gasteiger partial charge in [0.1, 0.15) is 5.82 Å². The number of amides is 1. The van der Waals surface area contributed by atoms with Crippen LogP contribution in [0.25, 0.3) is 0 Å². The van der Waals surface area contributed by atoms with E-state index in [2.05, 4.69) is 10.4 Å². The molecule has 2 heterocycles. The molecular weight excluding hydrogens is 285 g/mol. The molecule has 1 amide bonds. The van der Waals surface area contributed by atoms with Gasteiger partial charge in [-0.2, -0.15) is 13.2 Å². The lowest BCUT2D eigenvalue weighted by Crippen LogP contribution is -2.42. The number of hydrogen-bond acceptors (Lipinski definition) is 4. The van der Waals surface area contributed by atoms with Crippen molar-refractivity contribution in [3.8, 4) is 0 Å². The van der Waals surface area contributed by atoms with E-state index in [1.54, 1.807) is 13.0 Å². The van der Waals surface area contributed by atoms with E-state index in [0.29, 0.717) is 17.1 Å². The number of halogens is 3. The molecule has 0 aliphatic carbocycles. The first-order valence-electron chi connectivity index (χ1n) is 6.62. The molecule has 1 aliphatic rings. The van der Waals surface area contributed by atoms with Crippen molar-refractivity contribution in [2.45, 2.75) is 25.9 Å². The number of piperidine rings is 1. The second-order valence-corrected chi connectivity index (χ2v) is 5.13. The molecular formula is C13H17F3N4O. The third kappa shape index (κ3) is 3.63. The van der Waals surface area contributed by atoms with Crippen LogP contribution in [-0.2, 0) is 0 Å². The van der Waals surface area contributed by atoms with Gasteiger partial charge in [-0.05, 0) is 31.9 Å². The summed E-state index contributed by atoms with van der Waals surface area (Å²) in [6, 6.07) is 3.09. The quantitative estimate of drug-likeness (QED) is 0.648. The number of alkyl halides is 3. The van der Waals surface area contributed by atoms with Crippen LogP contribution in [0.5, 0.6) is 0 Å². The fourth-order valence-electron chi connectivity index (χ4n) is 2.46. The van der Waals surface area contributed by atoms with Gasteiger partial charge in [0.05, 0.1) is 5.92 Å².